The first-order valence-corrected chi connectivity index (χ1v) is 10.7. The fourth-order valence-electron chi connectivity index (χ4n) is 4.18. The molecule has 1 aliphatic rings. The molecule has 9 heteroatoms. The highest BCUT2D eigenvalue weighted by Crippen LogP contribution is 2.31. The zero-order chi connectivity index (χ0) is 21.6. The first kappa shape index (κ1) is 21.2. The van der Waals surface area contributed by atoms with Gasteiger partial charge in [0.25, 0.3) is 0 Å². The second-order valence-corrected chi connectivity index (χ2v) is 8.81. The van der Waals surface area contributed by atoms with Crippen molar-refractivity contribution in [3.8, 4) is 5.69 Å². The molecule has 1 saturated heterocycles. The molecule has 158 valence electrons. The summed E-state index contributed by atoms with van der Waals surface area (Å²) in [6.45, 7) is 1.48. The van der Waals surface area contributed by atoms with Crippen LogP contribution in [0.15, 0.2) is 35.1 Å². The zero-order valence-electron chi connectivity index (χ0n) is 16.2. The van der Waals surface area contributed by atoms with Gasteiger partial charge in [0, 0.05) is 17.6 Å². The Bertz CT molecular complexity index is 1200. The van der Waals surface area contributed by atoms with Crippen molar-refractivity contribution in [3.05, 3.63) is 61.4 Å². The number of hydrogen-bond donors (Lipinski definition) is 1. The fourth-order valence-corrected chi connectivity index (χ4v) is 4.97. The van der Waals surface area contributed by atoms with E-state index in [1.165, 1.54) is 16.7 Å². The van der Waals surface area contributed by atoms with Gasteiger partial charge in [-0.15, -0.1) is 0 Å². The minimum absolute atomic E-state index is 0.0265. The van der Waals surface area contributed by atoms with Crippen LogP contribution in [0.25, 0.3) is 16.7 Å². The molecular weight excluding hydrogens is 449 g/mol. The van der Waals surface area contributed by atoms with Gasteiger partial charge in [-0.25, -0.2) is 9.59 Å². The van der Waals surface area contributed by atoms with E-state index in [4.69, 9.17) is 34.8 Å². The van der Waals surface area contributed by atoms with Crippen LogP contribution in [0.1, 0.15) is 29.6 Å². The van der Waals surface area contributed by atoms with E-state index < -0.39 is 5.97 Å². The van der Waals surface area contributed by atoms with Crippen LogP contribution in [-0.2, 0) is 6.54 Å². The smallest absolute Gasteiger partial charge is 0.335 e. The van der Waals surface area contributed by atoms with E-state index in [0.717, 1.165) is 25.8 Å². The fraction of sp³-hybridized carbons (Fsp3) is 0.333. The molecule has 1 aromatic heterocycles. The monoisotopic (exact) mass is 467 g/mol. The van der Waals surface area contributed by atoms with Crippen molar-refractivity contribution in [2.45, 2.75) is 31.8 Å². The average molecular weight is 469 g/mol. The molecule has 2 heterocycles. The zero-order valence-corrected chi connectivity index (χ0v) is 18.5. The predicted molar refractivity (Wildman–Crippen MR) is 120 cm³/mol. The predicted octanol–water partition coefficient (Wildman–Crippen LogP) is 4.93. The topological polar surface area (TPSA) is 67.5 Å². The third kappa shape index (κ3) is 3.73. The van der Waals surface area contributed by atoms with Crippen molar-refractivity contribution < 1.29 is 9.90 Å². The Kier molecular flexibility index (Phi) is 5.86. The molecule has 3 aromatic rings. The van der Waals surface area contributed by atoms with E-state index in [-0.39, 0.29) is 16.3 Å². The van der Waals surface area contributed by atoms with Crippen LogP contribution in [0, 0.1) is 0 Å². The number of halogens is 3. The van der Waals surface area contributed by atoms with Crippen LogP contribution in [0.2, 0.25) is 15.1 Å². The average Bonchev–Trinajstić information content (AvgIpc) is 3.21. The molecule has 1 atom stereocenters. The summed E-state index contributed by atoms with van der Waals surface area (Å²) in [6.07, 6.45) is 2.99. The van der Waals surface area contributed by atoms with Gasteiger partial charge in [-0.05, 0) is 63.2 Å². The third-order valence-corrected chi connectivity index (χ3v) is 6.56. The van der Waals surface area contributed by atoms with E-state index in [0.29, 0.717) is 39.4 Å². The lowest BCUT2D eigenvalue weighted by Crippen LogP contribution is -2.29. The lowest BCUT2D eigenvalue weighted by atomic mass is 10.1. The number of nitrogens with zero attached hydrogens (tertiary/aromatic N) is 3. The highest BCUT2D eigenvalue weighted by atomic mass is 35.5. The number of hydrogen-bond acceptors (Lipinski definition) is 3. The number of carboxylic acid groups (broad SMARTS) is 1. The number of imidazole rings is 1. The molecule has 6 nitrogen and oxygen atoms in total. The number of aryl methyl sites for hydroxylation is 1. The Morgan fingerprint density at radius 1 is 1.17 bits per heavy atom. The van der Waals surface area contributed by atoms with Crippen LogP contribution in [0.4, 0.5) is 0 Å². The minimum atomic E-state index is -1.11. The van der Waals surface area contributed by atoms with E-state index in [2.05, 4.69) is 11.9 Å². The van der Waals surface area contributed by atoms with Gasteiger partial charge in [0.15, 0.2) is 0 Å². The van der Waals surface area contributed by atoms with E-state index in [1.807, 2.05) is 0 Å². The Hall–Kier alpha value is -1.99. The minimum Gasteiger partial charge on any atom is -0.478 e. The SMILES string of the molecule is CN1CCCC1CCn1c(=O)n(-c2ccc(Cl)cc2Cl)c2c(Cl)cc(C(=O)O)cc21. The molecule has 0 saturated carbocycles. The van der Waals surface area contributed by atoms with Crippen molar-refractivity contribution in [2.24, 2.45) is 0 Å². The summed E-state index contributed by atoms with van der Waals surface area (Å²) in [5, 5.41) is 10.4. The Morgan fingerprint density at radius 2 is 1.93 bits per heavy atom. The summed E-state index contributed by atoms with van der Waals surface area (Å²) in [6, 6.07) is 8.08. The molecule has 4 rings (SSSR count). The number of fused-ring (bicyclic) bond motifs is 1. The van der Waals surface area contributed by atoms with Gasteiger partial charge in [-0.3, -0.25) is 9.13 Å². The normalized spacial score (nSPS) is 17.1. The summed E-state index contributed by atoms with van der Waals surface area (Å²) in [5.41, 5.74) is 1.04. The van der Waals surface area contributed by atoms with Crippen LogP contribution >= 0.6 is 34.8 Å². The quantitative estimate of drug-likeness (QED) is 0.576. The van der Waals surface area contributed by atoms with Crippen LogP contribution in [0.3, 0.4) is 0 Å². The van der Waals surface area contributed by atoms with Crippen molar-refractivity contribution in [1.82, 2.24) is 14.0 Å². The first-order valence-electron chi connectivity index (χ1n) is 9.61. The molecule has 1 unspecified atom stereocenters. The van der Waals surface area contributed by atoms with Gasteiger partial charge in [-0.1, -0.05) is 34.8 Å². The molecule has 1 fully saturated rings. The van der Waals surface area contributed by atoms with Gasteiger partial charge in [0.2, 0.25) is 0 Å². The highest BCUT2D eigenvalue weighted by Gasteiger charge is 2.24. The highest BCUT2D eigenvalue weighted by molar-refractivity contribution is 6.37. The van der Waals surface area contributed by atoms with E-state index >= 15 is 0 Å². The lowest BCUT2D eigenvalue weighted by molar-refractivity contribution is 0.0697. The molecule has 1 aliphatic heterocycles. The van der Waals surface area contributed by atoms with Gasteiger partial charge in [-0.2, -0.15) is 0 Å². The molecule has 0 spiro atoms. The molecule has 0 bridgehead atoms. The molecule has 1 N–H and O–H groups in total. The summed E-state index contributed by atoms with van der Waals surface area (Å²) >= 11 is 18.9. The largest absolute Gasteiger partial charge is 0.478 e. The number of carbonyl (C=O) groups is 1. The molecule has 0 aliphatic carbocycles. The second-order valence-electron chi connectivity index (χ2n) is 7.56. The lowest BCUT2D eigenvalue weighted by Gasteiger charge is -2.19. The number of carboxylic acids is 1. The number of likely N-dealkylation sites (tertiary alicyclic amines) is 1. The Balaban J connectivity index is 1.92. The summed E-state index contributed by atoms with van der Waals surface area (Å²) in [7, 11) is 2.08. The van der Waals surface area contributed by atoms with E-state index in [1.54, 1.807) is 22.8 Å². The van der Waals surface area contributed by atoms with Crippen molar-refractivity contribution in [2.75, 3.05) is 13.6 Å². The van der Waals surface area contributed by atoms with Crippen LogP contribution < -0.4 is 5.69 Å². The third-order valence-electron chi connectivity index (χ3n) is 5.73. The van der Waals surface area contributed by atoms with Gasteiger partial charge < -0.3 is 10.0 Å². The molecular formula is C21H20Cl3N3O3. The maximum Gasteiger partial charge on any atom is 0.335 e. The Morgan fingerprint density at radius 3 is 2.57 bits per heavy atom. The van der Waals surface area contributed by atoms with Gasteiger partial charge in [0.05, 0.1) is 32.3 Å². The molecule has 0 radical (unpaired) electrons. The maximum atomic E-state index is 13.5. The standard InChI is InChI=1S/C21H20Cl3N3O3/c1-25-7-2-3-14(25)6-8-26-18-10-12(20(28)29)9-16(24)19(18)27(21(26)30)17-5-4-13(22)11-15(17)23/h4-5,9-11,14H,2-3,6-8H2,1H3,(H,28,29). The van der Waals surface area contributed by atoms with Crippen LogP contribution in [-0.4, -0.2) is 44.7 Å². The summed E-state index contributed by atoms with van der Waals surface area (Å²) in [5.74, 6) is -1.11. The number of benzene rings is 2. The molecule has 30 heavy (non-hydrogen) atoms. The molecule has 2 aromatic carbocycles. The van der Waals surface area contributed by atoms with Crippen molar-refractivity contribution >= 4 is 51.8 Å². The first-order chi connectivity index (χ1) is 14.3. The summed E-state index contributed by atoms with van der Waals surface area (Å²) < 4.78 is 3.02. The number of rotatable bonds is 5. The Labute approximate surface area is 188 Å². The maximum absolute atomic E-state index is 13.5. The summed E-state index contributed by atoms with van der Waals surface area (Å²) in [4.78, 5) is 27.3. The second kappa shape index (κ2) is 8.27. The van der Waals surface area contributed by atoms with Crippen LogP contribution in [0.5, 0.6) is 0 Å². The van der Waals surface area contributed by atoms with Crippen molar-refractivity contribution in [1.29, 1.82) is 0 Å². The van der Waals surface area contributed by atoms with Gasteiger partial charge in [0.1, 0.15) is 0 Å². The molecule has 0 amide bonds. The van der Waals surface area contributed by atoms with Gasteiger partial charge >= 0.3 is 11.7 Å². The number of aromatic nitrogens is 2. The number of aromatic carboxylic acids is 1. The van der Waals surface area contributed by atoms with Crippen molar-refractivity contribution in [3.63, 3.8) is 0 Å². The van der Waals surface area contributed by atoms with E-state index in [9.17, 15) is 14.7 Å².